The Morgan fingerprint density at radius 3 is 2.47 bits per heavy atom. The summed E-state index contributed by atoms with van der Waals surface area (Å²) < 4.78 is 12.0. The van der Waals surface area contributed by atoms with Crippen LogP contribution in [0.1, 0.15) is 65.9 Å². The van der Waals surface area contributed by atoms with Crippen molar-refractivity contribution in [2.24, 2.45) is 4.99 Å². The third-order valence-corrected chi connectivity index (χ3v) is 6.77. The Morgan fingerprint density at radius 1 is 1.06 bits per heavy atom. The lowest BCUT2D eigenvalue weighted by Gasteiger charge is -2.31. The Hall–Kier alpha value is -3.67. The van der Waals surface area contributed by atoms with Crippen molar-refractivity contribution in [1.82, 2.24) is 10.3 Å². The maximum atomic E-state index is 12.7. The van der Waals surface area contributed by atoms with E-state index < -0.39 is 0 Å². The van der Waals surface area contributed by atoms with Crippen LogP contribution < -0.4 is 14.8 Å². The zero-order valence-electron chi connectivity index (χ0n) is 21.6. The summed E-state index contributed by atoms with van der Waals surface area (Å²) in [4.78, 5) is 21.9. The molecule has 1 aromatic heterocycles. The molecule has 0 radical (unpaired) electrons. The minimum Gasteiger partial charge on any atom is -0.493 e. The van der Waals surface area contributed by atoms with Crippen LogP contribution in [0.5, 0.6) is 11.5 Å². The summed E-state index contributed by atoms with van der Waals surface area (Å²) in [5.41, 5.74) is 6.69. The highest BCUT2D eigenvalue weighted by Gasteiger charge is 2.39. The van der Waals surface area contributed by atoms with Crippen LogP contribution in [0.2, 0.25) is 0 Å². The van der Waals surface area contributed by atoms with E-state index >= 15 is 0 Å². The zero-order valence-corrected chi connectivity index (χ0v) is 21.6. The molecule has 0 fully saturated rings. The molecule has 5 rings (SSSR count). The molecule has 3 aromatic rings. The Bertz CT molecular complexity index is 1330. The van der Waals surface area contributed by atoms with Crippen molar-refractivity contribution >= 4 is 11.6 Å². The van der Waals surface area contributed by atoms with Gasteiger partial charge in [0.1, 0.15) is 5.60 Å². The number of aromatic nitrogens is 1. The van der Waals surface area contributed by atoms with Gasteiger partial charge in [-0.3, -0.25) is 14.8 Å². The number of nitrogens with one attached hydrogen (secondary N) is 1. The quantitative estimate of drug-likeness (QED) is 0.539. The number of pyridine rings is 1. The first kappa shape index (κ1) is 24.0. The van der Waals surface area contributed by atoms with E-state index in [9.17, 15) is 4.79 Å². The molecule has 2 aromatic carbocycles. The number of ether oxygens (including phenoxy) is 2. The summed E-state index contributed by atoms with van der Waals surface area (Å²) >= 11 is 0. The molecule has 2 aliphatic rings. The molecule has 0 bridgehead atoms. The summed E-state index contributed by atoms with van der Waals surface area (Å²) in [6, 6.07) is 13.8. The van der Waals surface area contributed by atoms with Crippen LogP contribution in [0.3, 0.4) is 0 Å². The highest BCUT2D eigenvalue weighted by molar-refractivity contribution is 6.16. The topological polar surface area (TPSA) is 72.8 Å². The van der Waals surface area contributed by atoms with Gasteiger partial charge in [-0.05, 0) is 82.0 Å². The number of benzene rings is 2. The lowest BCUT2D eigenvalue weighted by Crippen LogP contribution is -2.31. The molecule has 1 N–H and O–H groups in total. The van der Waals surface area contributed by atoms with Crippen LogP contribution in [-0.2, 0) is 19.3 Å². The van der Waals surface area contributed by atoms with Crippen LogP contribution in [0, 0.1) is 0 Å². The second-order valence-electron chi connectivity index (χ2n) is 10.8. The largest absolute Gasteiger partial charge is 0.493 e. The summed E-state index contributed by atoms with van der Waals surface area (Å²) in [5, 5.41) is 3.01. The first-order valence-corrected chi connectivity index (χ1v) is 12.5. The number of rotatable bonds is 6. The summed E-state index contributed by atoms with van der Waals surface area (Å²) in [5.74, 6) is 1.52. The van der Waals surface area contributed by atoms with E-state index in [1.165, 1.54) is 5.56 Å². The molecule has 6 heteroatoms. The van der Waals surface area contributed by atoms with Crippen molar-refractivity contribution in [1.29, 1.82) is 0 Å². The Balaban J connectivity index is 1.42. The van der Waals surface area contributed by atoms with Crippen LogP contribution in [0.15, 0.2) is 59.9 Å². The normalized spacial score (nSPS) is 16.9. The summed E-state index contributed by atoms with van der Waals surface area (Å²) in [6.07, 6.45) is 5.92. The highest BCUT2D eigenvalue weighted by atomic mass is 16.5. The monoisotopic (exact) mass is 483 g/mol. The highest BCUT2D eigenvalue weighted by Crippen LogP contribution is 2.47. The van der Waals surface area contributed by atoms with E-state index in [0.717, 1.165) is 58.7 Å². The molecular formula is C30H33N3O3. The predicted octanol–water partition coefficient (Wildman–Crippen LogP) is 4.95. The van der Waals surface area contributed by atoms with Gasteiger partial charge in [-0.25, -0.2) is 0 Å². The Kier molecular flexibility index (Phi) is 6.07. The van der Waals surface area contributed by atoms with E-state index in [2.05, 4.69) is 44.1 Å². The average Bonchev–Trinajstić information content (AvgIpc) is 3.17. The number of hydrogen-bond donors (Lipinski definition) is 1. The van der Waals surface area contributed by atoms with Gasteiger partial charge in [-0.15, -0.1) is 0 Å². The number of fused-ring (bicyclic) bond motifs is 3. The van der Waals surface area contributed by atoms with E-state index in [0.29, 0.717) is 12.1 Å². The molecule has 1 amide bonds. The lowest BCUT2D eigenvalue weighted by atomic mass is 9.81. The van der Waals surface area contributed by atoms with E-state index in [1.807, 2.05) is 36.4 Å². The Morgan fingerprint density at radius 2 is 1.78 bits per heavy atom. The van der Waals surface area contributed by atoms with Gasteiger partial charge < -0.3 is 14.8 Å². The first-order valence-electron chi connectivity index (χ1n) is 12.5. The standard InChI is InChI=1S/C30H33N3O3/c1-29(2)17-22-16-24(35-5)27-23(18-30(3,4)36-27)25(22)26(33-29)20-6-8-21(9-7-20)28(34)32-15-12-19-10-13-31-14-11-19/h6-11,13-14,16H,12,15,17-18H2,1-5H3,(H,32,34). The second kappa shape index (κ2) is 9.08. The second-order valence-corrected chi connectivity index (χ2v) is 10.8. The van der Waals surface area contributed by atoms with Crippen molar-refractivity contribution in [2.75, 3.05) is 13.7 Å². The van der Waals surface area contributed by atoms with Gasteiger partial charge in [0.2, 0.25) is 0 Å². The Labute approximate surface area is 212 Å². The molecule has 3 heterocycles. The number of hydrogen-bond acceptors (Lipinski definition) is 5. The fourth-order valence-corrected chi connectivity index (χ4v) is 5.18. The van der Waals surface area contributed by atoms with Crippen molar-refractivity contribution in [2.45, 2.75) is 58.1 Å². The van der Waals surface area contributed by atoms with Crippen molar-refractivity contribution < 1.29 is 14.3 Å². The van der Waals surface area contributed by atoms with E-state index in [-0.39, 0.29) is 17.0 Å². The minimum atomic E-state index is -0.305. The fraction of sp³-hybridized carbons (Fsp3) is 0.367. The molecule has 0 saturated heterocycles. The molecule has 36 heavy (non-hydrogen) atoms. The first-order chi connectivity index (χ1) is 17.2. The maximum absolute atomic E-state index is 12.7. The predicted molar refractivity (Wildman–Crippen MR) is 142 cm³/mol. The summed E-state index contributed by atoms with van der Waals surface area (Å²) in [7, 11) is 1.69. The molecule has 6 nitrogen and oxygen atoms in total. The smallest absolute Gasteiger partial charge is 0.251 e. The number of aliphatic imine (C=N–C) groups is 1. The van der Waals surface area contributed by atoms with Crippen LogP contribution in [-0.4, -0.2) is 41.4 Å². The third kappa shape index (κ3) is 4.72. The maximum Gasteiger partial charge on any atom is 0.251 e. The third-order valence-electron chi connectivity index (χ3n) is 6.77. The van der Waals surface area contributed by atoms with Gasteiger partial charge in [0.05, 0.1) is 18.4 Å². The lowest BCUT2D eigenvalue weighted by molar-refractivity contribution is 0.0954. The number of nitrogens with zero attached hydrogens (tertiary/aromatic N) is 2. The van der Waals surface area contributed by atoms with E-state index in [1.54, 1.807) is 19.5 Å². The molecular weight excluding hydrogens is 450 g/mol. The van der Waals surface area contributed by atoms with Crippen LogP contribution in [0.25, 0.3) is 0 Å². The van der Waals surface area contributed by atoms with Crippen molar-refractivity contribution in [3.05, 3.63) is 88.2 Å². The zero-order chi connectivity index (χ0) is 25.5. The van der Waals surface area contributed by atoms with Crippen molar-refractivity contribution in [3.8, 4) is 11.5 Å². The van der Waals surface area contributed by atoms with Gasteiger partial charge in [-0.2, -0.15) is 0 Å². The number of carbonyl (C=O) groups excluding carboxylic acids is 1. The number of carbonyl (C=O) groups is 1. The van der Waals surface area contributed by atoms with Crippen LogP contribution in [0.4, 0.5) is 0 Å². The van der Waals surface area contributed by atoms with Gasteiger partial charge in [0.15, 0.2) is 11.5 Å². The van der Waals surface area contributed by atoms with Gasteiger partial charge in [0, 0.05) is 47.6 Å². The molecule has 0 atom stereocenters. The van der Waals surface area contributed by atoms with Gasteiger partial charge in [0.25, 0.3) is 5.91 Å². The molecule has 0 saturated carbocycles. The minimum absolute atomic E-state index is 0.0808. The van der Waals surface area contributed by atoms with Crippen LogP contribution >= 0.6 is 0 Å². The van der Waals surface area contributed by atoms with E-state index in [4.69, 9.17) is 14.5 Å². The SMILES string of the molecule is COc1cc2c(c3c1OC(C)(C)C3)C(c1ccc(C(=O)NCCc3ccncc3)cc1)=NC(C)(C)C2. The van der Waals surface area contributed by atoms with Gasteiger partial charge >= 0.3 is 0 Å². The molecule has 2 aliphatic heterocycles. The van der Waals surface area contributed by atoms with Crippen molar-refractivity contribution in [3.63, 3.8) is 0 Å². The molecule has 186 valence electrons. The molecule has 0 spiro atoms. The van der Waals surface area contributed by atoms with Gasteiger partial charge in [-0.1, -0.05) is 12.1 Å². The average molecular weight is 484 g/mol. The fourth-order valence-electron chi connectivity index (χ4n) is 5.18. The molecule has 0 aliphatic carbocycles. The molecule has 0 unspecified atom stereocenters. The number of amides is 1. The number of methoxy groups -OCH3 is 1. The summed E-state index contributed by atoms with van der Waals surface area (Å²) in [6.45, 7) is 9.08.